The number of carbonyl (C=O) groups excluding carboxylic acids is 1. The summed E-state index contributed by atoms with van der Waals surface area (Å²) in [7, 11) is 1.57. The molecule has 2 aromatic heterocycles. The first-order chi connectivity index (χ1) is 8.61. The predicted molar refractivity (Wildman–Crippen MR) is 65.5 cm³/mol. The highest BCUT2D eigenvalue weighted by Crippen LogP contribution is 2.22. The molecule has 2 aromatic rings. The maximum atomic E-state index is 11.0. The highest BCUT2D eigenvalue weighted by molar-refractivity contribution is 5.73. The fourth-order valence-corrected chi connectivity index (χ4v) is 1.63. The van der Waals surface area contributed by atoms with E-state index in [1.807, 2.05) is 13.0 Å². The van der Waals surface area contributed by atoms with E-state index in [2.05, 4.69) is 10.1 Å². The number of carbonyl (C=O) groups is 1. The van der Waals surface area contributed by atoms with Crippen molar-refractivity contribution < 1.29 is 9.53 Å². The summed E-state index contributed by atoms with van der Waals surface area (Å²) in [6.07, 6.45) is 3.28. The third-order valence-corrected chi connectivity index (χ3v) is 2.75. The normalized spacial score (nSPS) is 12.1. The third kappa shape index (κ3) is 2.32. The van der Waals surface area contributed by atoms with Gasteiger partial charge in [0.15, 0.2) is 0 Å². The molecule has 0 aromatic carbocycles. The molecule has 2 rings (SSSR count). The van der Waals surface area contributed by atoms with E-state index in [1.165, 1.54) is 0 Å². The second-order valence-electron chi connectivity index (χ2n) is 3.88. The van der Waals surface area contributed by atoms with Crippen LogP contribution >= 0.6 is 0 Å². The lowest BCUT2D eigenvalue weighted by Gasteiger charge is -2.08. The lowest BCUT2D eigenvalue weighted by molar-refractivity contribution is 0.247. The van der Waals surface area contributed by atoms with Gasteiger partial charge in [-0.25, -0.2) is 9.78 Å². The first kappa shape index (κ1) is 12.1. The van der Waals surface area contributed by atoms with Gasteiger partial charge in [-0.3, -0.25) is 0 Å². The first-order valence-corrected chi connectivity index (χ1v) is 5.47. The second-order valence-corrected chi connectivity index (χ2v) is 3.88. The molecule has 0 saturated carbocycles. The number of ether oxygens (including phenoxy) is 1. The molecule has 2 heterocycles. The molecule has 6 nitrogen and oxygen atoms in total. The molecule has 6 heteroatoms. The van der Waals surface area contributed by atoms with Crippen LogP contribution in [-0.4, -0.2) is 27.9 Å². The molecule has 0 fully saturated rings. The van der Waals surface area contributed by atoms with Crippen molar-refractivity contribution in [3.8, 4) is 5.88 Å². The summed E-state index contributed by atoms with van der Waals surface area (Å²) in [5, 5.41) is 4.11. The predicted octanol–water partition coefficient (Wildman–Crippen LogP) is 1.37. The molecule has 0 aliphatic rings. The summed E-state index contributed by atoms with van der Waals surface area (Å²) < 4.78 is 6.11. The molecule has 0 radical (unpaired) electrons. The fraction of sp³-hybridized carbons (Fsp3) is 0.250. The number of amides is 1. The van der Waals surface area contributed by atoms with Crippen LogP contribution in [0.2, 0.25) is 0 Å². The van der Waals surface area contributed by atoms with E-state index >= 15 is 0 Å². The average Bonchev–Trinajstić information content (AvgIpc) is 2.88. The van der Waals surface area contributed by atoms with Crippen LogP contribution in [-0.2, 0) is 0 Å². The molecule has 1 unspecified atom stereocenters. The van der Waals surface area contributed by atoms with Gasteiger partial charge in [0.05, 0.1) is 12.8 Å². The average molecular weight is 246 g/mol. The van der Waals surface area contributed by atoms with Gasteiger partial charge in [-0.1, -0.05) is 13.0 Å². The summed E-state index contributed by atoms with van der Waals surface area (Å²) in [6.45, 7) is 1.98. The quantitative estimate of drug-likeness (QED) is 0.886. The molecule has 0 saturated heterocycles. The van der Waals surface area contributed by atoms with Crippen molar-refractivity contribution in [3.63, 3.8) is 0 Å². The number of hydrogen-bond acceptors (Lipinski definition) is 4. The Labute approximate surface area is 104 Å². The number of rotatable bonds is 3. The van der Waals surface area contributed by atoms with Gasteiger partial charge in [0.1, 0.15) is 0 Å². The summed E-state index contributed by atoms with van der Waals surface area (Å²) >= 11 is 0. The number of primary amides is 1. The van der Waals surface area contributed by atoms with Crippen LogP contribution in [0.5, 0.6) is 5.88 Å². The Morgan fingerprint density at radius 3 is 2.72 bits per heavy atom. The van der Waals surface area contributed by atoms with Crippen molar-refractivity contribution in [2.75, 3.05) is 7.11 Å². The molecule has 0 aliphatic heterocycles. The van der Waals surface area contributed by atoms with Crippen molar-refractivity contribution in [2.45, 2.75) is 12.8 Å². The number of nitrogens with two attached hydrogens (primary N) is 1. The number of aromatic nitrogens is 3. The van der Waals surface area contributed by atoms with Gasteiger partial charge >= 0.3 is 6.03 Å². The Bertz CT molecular complexity index is 547. The highest BCUT2D eigenvalue weighted by Gasteiger charge is 2.13. The Balaban J connectivity index is 2.23. The van der Waals surface area contributed by atoms with Crippen molar-refractivity contribution in [1.29, 1.82) is 0 Å². The monoisotopic (exact) mass is 246 g/mol. The van der Waals surface area contributed by atoms with Crippen LogP contribution in [0.3, 0.4) is 0 Å². The maximum absolute atomic E-state index is 11.0. The molecule has 1 amide bonds. The second kappa shape index (κ2) is 4.87. The van der Waals surface area contributed by atoms with Crippen molar-refractivity contribution in [3.05, 3.63) is 41.9 Å². The summed E-state index contributed by atoms with van der Waals surface area (Å²) in [6, 6.07) is 4.87. The van der Waals surface area contributed by atoms with Crippen LogP contribution in [0.4, 0.5) is 4.79 Å². The minimum absolute atomic E-state index is 0.0315. The van der Waals surface area contributed by atoms with Gasteiger partial charge in [0.25, 0.3) is 0 Å². The molecule has 2 N–H and O–H groups in total. The number of pyridine rings is 1. The molecule has 0 aliphatic carbocycles. The van der Waals surface area contributed by atoms with Crippen LogP contribution in [0.1, 0.15) is 24.1 Å². The van der Waals surface area contributed by atoms with E-state index in [1.54, 1.807) is 31.6 Å². The van der Waals surface area contributed by atoms with E-state index in [0.717, 1.165) is 15.9 Å². The number of methoxy groups -OCH3 is 1. The van der Waals surface area contributed by atoms with E-state index in [9.17, 15) is 4.79 Å². The zero-order valence-electron chi connectivity index (χ0n) is 10.2. The van der Waals surface area contributed by atoms with E-state index in [0.29, 0.717) is 5.88 Å². The Kier molecular flexibility index (Phi) is 3.27. The van der Waals surface area contributed by atoms with E-state index in [-0.39, 0.29) is 5.92 Å². The molecule has 1 atom stereocenters. The van der Waals surface area contributed by atoms with Crippen molar-refractivity contribution >= 4 is 6.03 Å². The standard InChI is InChI=1S/C12H14N4O2/c1-8(9-3-4-11(18-2)14-7-9)10-5-6-16(15-10)12(13)17/h3-8H,1-2H3,(H2,13,17). The Morgan fingerprint density at radius 2 is 2.22 bits per heavy atom. The van der Waals surface area contributed by atoms with E-state index < -0.39 is 6.03 Å². The van der Waals surface area contributed by atoms with Crippen LogP contribution < -0.4 is 10.5 Å². The molecule has 18 heavy (non-hydrogen) atoms. The maximum Gasteiger partial charge on any atom is 0.339 e. The third-order valence-electron chi connectivity index (χ3n) is 2.75. The fourth-order valence-electron chi connectivity index (χ4n) is 1.63. The van der Waals surface area contributed by atoms with E-state index in [4.69, 9.17) is 10.5 Å². The van der Waals surface area contributed by atoms with Gasteiger partial charge in [-0.2, -0.15) is 9.78 Å². The molecular formula is C12H14N4O2. The zero-order valence-corrected chi connectivity index (χ0v) is 10.2. The molecule has 0 bridgehead atoms. The Morgan fingerprint density at radius 1 is 1.44 bits per heavy atom. The molecule has 94 valence electrons. The van der Waals surface area contributed by atoms with Crippen LogP contribution in [0, 0.1) is 0 Å². The SMILES string of the molecule is COc1ccc(C(C)c2ccn(C(N)=O)n2)cn1. The molecular weight excluding hydrogens is 232 g/mol. The topological polar surface area (TPSA) is 83.0 Å². The largest absolute Gasteiger partial charge is 0.481 e. The molecule has 0 spiro atoms. The van der Waals surface area contributed by atoms with Gasteiger partial charge in [0.2, 0.25) is 5.88 Å². The van der Waals surface area contributed by atoms with Gasteiger partial charge in [0, 0.05) is 24.4 Å². The lowest BCUT2D eigenvalue weighted by Crippen LogP contribution is -2.20. The first-order valence-electron chi connectivity index (χ1n) is 5.47. The van der Waals surface area contributed by atoms with Crippen LogP contribution in [0.25, 0.3) is 0 Å². The Hall–Kier alpha value is -2.37. The summed E-state index contributed by atoms with van der Waals surface area (Å²) in [5.41, 5.74) is 6.89. The lowest BCUT2D eigenvalue weighted by atomic mass is 10.00. The van der Waals surface area contributed by atoms with Crippen molar-refractivity contribution in [1.82, 2.24) is 14.8 Å². The van der Waals surface area contributed by atoms with Crippen molar-refractivity contribution in [2.24, 2.45) is 5.73 Å². The van der Waals surface area contributed by atoms with Gasteiger partial charge < -0.3 is 10.5 Å². The number of nitrogens with zero attached hydrogens (tertiary/aromatic N) is 3. The van der Waals surface area contributed by atoms with Crippen LogP contribution in [0.15, 0.2) is 30.6 Å². The summed E-state index contributed by atoms with van der Waals surface area (Å²) in [5.74, 6) is 0.595. The highest BCUT2D eigenvalue weighted by atomic mass is 16.5. The smallest absolute Gasteiger partial charge is 0.339 e. The van der Waals surface area contributed by atoms with Gasteiger partial charge in [-0.15, -0.1) is 0 Å². The van der Waals surface area contributed by atoms with Gasteiger partial charge in [-0.05, 0) is 11.6 Å². The minimum Gasteiger partial charge on any atom is -0.481 e. The minimum atomic E-state index is -0.596. The number of hydrogen-bond donors (Lipinski definition) is 1. The summed E-state index contributed by atoms with van der Waals surface area (Å²) in [4.78, 5) is 15.1. The zero-order chi connectivity index (χ0) is 13.1.